The van der Waals surface area contributed by atoms with E-state index in [1.807, 2.05) is 0 Å². The lowest BCUT2D eigenvalue weighted by molar-refractivity contribution is 0.1000. The Labute approximate surface area is 124 Å². The quantitative estimate of drug-likeness (QED) is 0.586. The van der Waals surface area contributed by atoms with Crippen LogP contribution in [0.3, 0.4) is 0 Å². The summed E-state index contributed by atoms with van der Waals surface area (Å²) < 4.78 is 26.5. The van der Waals surface area contributed by atoms with Crippen molar-refractivity contribution in [2.75, 3.05) is 18.8 Å². The molecular weight excluding hydrogens is 290 g/mol. The minimum atomic E-state index is -3.78. The number of nitrogen functional groups attached to an aromatic ring is 1. The lowest BCUT2D eigenvalue weighted by atomic mass is 10.2. The fraction of sp³-hybridized carbons (Fsp3) is 0.357. The van der Waals surface area contributed by atoms with E-state index in [1.165, 1.54) is 22.5 Å². The number of terminal acetylenes is 1. The first-order valence-electron chi connectivity index (χ1n) is 6.49. The molecule has 112 valence electrons. The van der Waals surface area contributed by atoms with Gasteiger partial charge in [-0.15, -0.1) is 6.42 Å². The predicted molar refractivity (Wildman–Crippen MR) is 79.7 cm³/mol. The van der Waals surface area contributed by atoms with E-state index in [-0.39, 0.29) is 22.7 Å². The minimum Gasteiger partial charge on any atom is -0.398 e. The minimum absolute atomic E-state index is 0.00412. The van der Waals surface area contributed by atoms with Gasteiger partial charge in [0.25, 0.3) is 0 Å². The molecule has 21 heavy (non-hydrogen) atoms. The first-order chi connectivity index (χ1) is 9.86. The van der Waals surface area contributed by atoms with E-state index < -0.39 is 15.9 Å². The van der Waals surface area contributed by atoms with Gasteiger partial charge in [-0.25, -0.2) is 8.42 Å². The number of hydrogen-bond acceptors (Lipinski definition) is 4. The number of hydrogen-bond donors (Lipinski definition) is 2. The molecular formula is C14H17N3O3S. The highest BCUT2D eigenvalue weighted by molar-refractivity contribution is 7.89. The number of sulfonamides is 1. The van der Waals surface area contributed by atoms with E-state index in [4.69, 9.17) is 17.9 Å². The maximum absolute atomic E-state index is 12.6. The molecule has 0 atom stereocenters. The Morgan fingerprint density at radius 2 is 2.10 bits per heavy atom. The van der Waals surface area contributed by atoms with Crippen molar-refractivity contribution in [3.63, 3.8) is 0 Å². The molecule has 2 rings (SSSR count). The molecule has 1 aliphatic carbocycles. The molecule has 1 amide bonds. The van der Waals surface area contributed by atoms with E-state index in [2.05, 4.69) is 5.92 Å². The van der Waals surface area contributed by atoms with Crippen LogP contribution in [0.5, 0.6) is 0 Å². The first kappa shape index (κ1) is 15.4. The molecule has 1 aromatic rings. The molecule has 0 radical (unpaired) electrons. The Hall–Kier alpha value is -2.04. The summed E-state index contributed by atoms with van der Waals surface area (Å²) >= 11 is 0. The third kappa shape index (κ3) is 3.35. The van der Waals surface area contributed by atoms with Crippen molar-refractivity contribution >= 4 is 21.6 Å². The SMILES string of the molecule is C#CCN(CC1CC1)S(=O)(=O)c1ccc(C(N)=O)cc1N. The zero-order valence-electron chi connectivity index (χ0n) is 11.5. The van der Waals surface area contributed by atoms with E-state index in [0.29, 0.717) is 12.5 Å². The summed E-state index contributed by atoms with van der Waals surface area (Å²) in [6.07, 6.45) is 7.27. The molecule has 1 fully saturated rings. The molecule has 1 aromatic carbocycles. The zero-order chi connectivity index (χ0) is 15.6. The summed E-state index contributed by atoms with van der Waals surface area (Å²) in [5.41, 5.74) is 11.1. The third-order valence-corrected chi connectivity index (χ3v) is 5.22. The largest absolute Gasteiger partial charge is 0.398 e. The van der Waals surface area contributed by atoms with Gasteiger partial charge >= 0.3 is 0 Å². The molecule has 7 heteroatoms. The molecule has 1 aliphatic rings. The normalized spacial score (nSPS) is 14.9. The van der Waals surface area contributed by atoms with Crippen LogP contribution in [0.25, 0.3) is 0 Å². The van der Waals surface area contributed by atoms with E-state index in [1.54, 1.807) is 0 Å². The molecule has 1 saturated carbocycles. The second-order valence-electron chi connectivity index (χ2n) is 5.06. The van der Waals surface area contributed by atoms with Crippen molar-refractivity contribution in [2.24, 2.45) is 11.7 Å². The van der Waals surface area contributed by atoms with Gasteiger partial charge in [0.05, 0.1) is 12.2 Å². The van der Waals surface area contributed by atoms with E-state index in [0.717, 1.165) is 12.8 Å². The van der Waals surface area contributed by atoms with Crippen molar-refractivity contribution in [3.8, 4) is 12.3 Å². The molecule has 0 unspecified atom stereocenters. The lowest BCUT2D eigenvalue weighted by Crippen LogP contribution is -2.33. The number of primary amides is 1. The zero-order valence-corrected chi connectivity index (χ0v) is 12.3. The molecule has 0 aromatic heterocycles. The lowest BCUT2D eigenvalue weighted by Gasteiger charge is -2.20. The molecule has 0 bridgehead atoms. The fourth-order valence-electron chi connectivity index (χ4n) is 2.01. The summed E-state index contributed by atoms with van der Waals surface area (Å²) in [4.78, 5) is 11.0. The molecule has 0 saturated heterocycles. The monoisotopic (exact) mass is 307 g/mol. The van der Waals surface area contributed by atoms with Crippen molar-refractivity contribution in [1.29, 1.82) is 0 Å². The Bertz CT molecular complexity index is 703. The maximum Gasteiger partial charge on any atom is 0.248 e. The van der Waals surface area contributed by atoms with Crippen LogP contribution >= 0.6 is 0 Å². The molecule has 0 spiro atoms. The number of amides is 1. The van der Waals surface area contributed by atoms with Crippen LogP contribution in [0.1, 0.15) is 23.2 Å². The smallest absolute Gasteiger partial charge is 0.248 e. The summed E-state index contributed by atoms with van der Waals surface area (Å²) in [6, 6.07) is 3.90. The summed E-state index contributed by atoms with van der Waals surface area (Å²) in [5, 5.41) is 0. The fourth-order valence-corrected chi connectivity index (χ4v) is 3.54. The summed E-state index contributed by atoms with van der Waals surface area (Å²) in [7, 11) is -3.78. The van der Waals surface area contributed by atoms with Crippen molar-refractivity contribution in [2.45, 2.75) is 17.7 Å². The maximum atomic E-state index is 12.6. The number of carbonyl (C=O) groups is 1. The molecule has 0 heterocycles. The number of anilines is 1. The number of carbonyl (C=O) groups excluding carboxylic acids is 1. The topological polar surface area (TPSA) is 106 Å². The highest BCUT2D eigenvalue weighted by Crippen LogP contribution is 2.32. The van der Waals surface area contributed by atoms with Gasteiger partial charge in [-0.2, -0.15) is 4.31 Å². The number of nitrogens with zero attached hydrogens (tertiary/aromatic N) is 1. The Morgan fingerprint density at radius 3 is 2.57 bits per heavy atom. The van der Waals surface area contributed by atoms with Crippen LogP contribution in [0.2, 0.25) is 0 Å². The number of rotatable bonds is 6. The van der Waals surface area contributed by atoms with Crippen molar-refractivity contribution in [1.82, 2.24) is 4.31 Å². The number of benzene rings is 1. The van der Waals surface area contributed by atoms with Crippen LogP contribution in [0.4, 0.5) is 5.69 Å². The van der Waals surface area contributed by atoms with Crippen LogP contribution < -0.4 is 11.5 Å². The second-order valence-corrected chi connectivity index (χ2v) is 6.97. The predicted octanol–water partition coefficient (Wildman–Crippen LogP) is 0.402. The standard InChI is InChI=1S/C14H17N3O3S/c1-2-7-17(9-10-3-4-10)21(19,20)13-6-5-11(14(16)18)8-12(13)15/h1,5-6,8,10H,3-4,7,9,15H2,(H2,16,18). The Morgan fingerprint density at radius 1 is 1.43 bits per heavy atom. The number of nitrogens with two attached hydrogens (primary N) is 2. The van der Waals surface area contributed by atoms with Gasteiger partial charge in [-0.05, 0) is 37.0 Å². The molecule has 0 aliphatic heterocycles. The van der Waals surface area contributed by atoms with Gasteiger partial charge in [0.15, 0.2) is 0 Å². The van der Waals surface area contributed by atoms with Gasteiger partial charge in [0, 0.05) is 12.1 Å². The van der Waals surface area contributed by atoms with Gasteiger partial charge in [0.2, 0.25) is 15.9 Å². The van der Waals surface area contributed by atoms with Crippen molar-refractivity contribution < 1.29 is 13.2 Å². The van der Waals surface area contributed by atoms with Crippen LogP contribution in [0.15, 0.2) is 23.1 Å². The Balaban J connectivity index is 2.37. The van der Waals surface area contributed by atoms with Crippen LogP contribution in [0, 0.1) is 18.3 Å². The average molecular weight is 307 g/mol. The first-order valence-corrected chi connectivity index (χ1v) is 7.93. The highest BCUT2D eigenvalue weighted by Gasteiger charge is 2.32. The van der Waals surface area contributed by atoms with E-state index >= 15 is 0 Å². The molecule has 4 N–H and O–H groups in total. The van der Waals surface area contributed by atoms with Gasteiger partial charge in [-0.1, -0.05) is 5.92 Å². The average Bonchev–Trinajstić information content (AvgIpc) is 3.21. The molecule has 6 nitrogen and oxygen atoms in total. The van der Waals surface area contributed by atoms with E-state index in [9.17, 15) is 13.2 Å². The van der Waals surface area contributed by atoms with Crippen LogP contribution in [-0.4, -0.2) is 31.7 Å². The van der Waals surface area contributed by atoms with Gasteiger partial charge < -0.3 is 11.5 Å². The third-order valence-electron chi connectivity index (χ3n) is 3.34. The van der Waals surface area contributed by atoms with Crippen molar-refractivity contribution in [3.05, 3.63) is 23.8 Å². The summed E-state index contributed by atoms with van der Waals surface area (Å²) in [5.74, 6) is 2.06. The van der Waals surface area contributed by atoms with Gasteiger partial charge in [0.1, 0.15) is 4.90 Å². The highest BCUT2D eigenvalue weighted by atomic mass is 32.2. The van der Waals surface area contributed by atoms with Crippen LogP contribution in [-0.2, 0) is 10.0 Å². The summed E-state index contributed by atoms with van der Waals surface area (Å²) in [6.45, 7) is 0.388. The Kier molecular flexibility index (Phi) is 4.21. The van der Waals surface area contributed by atoms with Gasteiger partial charge in [-0.3, -0.25) is 4.79 Å². The second kappa shape index (κ2) is 5.76.